The van der Waals surface area contributed by atoms with Gasteiger partial charge < -0.3 is 24.2 Å². The Hall–Kier alpha value is -4.00. The summed E-state index contributed by atoms with van der Waals surface area (Å²) < 4.78 is 16.1. The molecule has 1 N–H and O–H groups in total. The van der Waals surface area contributed by atoms with Gasteiger partial charge in [0.2, 0.25) is 0 Å². The van der Waals surface area contributed by atoms with Gasteiger partial charge in [0.05, 0.1) is 20.3 Å². The molecule has 3 aromatic rings. The first-order valence-corrected chi connectivity index (χ1v) is 10.4. The molecule has 33 heavy (non-hydrogen) atoms. The summed E-state index contributed by atoms with van der Waals surface area (Å²) in [7, 11) is 3.07. The molecule has 0 saturated carbocycles. The van der Waals surface area contributed by atoms with Crippen LogP contribution in [0.15, 0.2) is 72.8 Å². The zero-order valence-electron chi connectivity index (χ0n) is 18.9. The summed E-state index contributed by atoms with van der Waals surface area (Å²) in [5.41, 5.74) is 1.83. The lowest BCUT2D eigenvalue weighted by atomic mass is 10.1. The van der Waals surface area contributed by atoms with Crippen LogP contribution >= 0.6 is 0 Å². The lowest BCUT2D eigenvalue weighted by molar-refractivity contribution is -0.136. The van der Waals surface area contributed by atoms with E-state index in [9.17, 15) is 14.7 Å². The van der Waals surface area contributed by atoms with Crippen LogP contribution in [0.3, 0.4) is 0 Å². The fourth-order valence-electron chi connectivity index (χ4n) is 3.47. The van der Waals surface area contributed by atoms with Gasteiger partial charge in [0.25, 0.3) is 5.91 Å². The van der Waals surface area contributed by atoms with E-state index < -0.39 is 5.97 Å². The molecule has 1 amide bonds. The highest BCUT2D eigenvalue weighted by atomic mass is 16.5. The van der Waals surface area contributed by atoms with Gasteiger partial charge in [-0.15, -0.1) is 0 Å². The molecule has 0 aromatic heterocycles. The highest BCUT2D eigenvalue weighted by Gasteiger charge is 2.23. The van der Waals surface area contributed by atoms with E-state index in [4.69, 9.17) is 14.2 Å². The van der Waals surface area contributed by atoms with Crippen LogP contribution < -0.4 is 14.2 Å². The zero-order chi connectivity index (χ0) is 23.8. The Morgan fingerprint density at radius 1 is 0.909 bits per heavy atom. The van der Waals surface area contributed by atoms with Gasteiger partial charge in [-0.3, -0.25) is 4.79 Å². The number of benzene rings is 3. The summed E-state index contributed by atoms with van der Waals surface area (Å²) in [4.78, 5) is 26.6. The lowest BCUT2D eigenvalue weighted by Crippen LogP contribution is -2.36. The summed E-state index contributed by atoms with van der Waals surface area (Å²) in [6.07, 6.45) is 0. The maximum atomic E-state index is 13.3. The van der Waals surface area contributed by atoms with Crippen molar-refractivity contribution in [3.63, 3.8) is 0 Å². The molecule has 0 spiro atoms. The first kappa shape index (κ1) is 23.7. The predicted octanol–water partition coefficient (Wildman–Crippen LogP) is 4.57. The molecule has 1 atom stereocenters. The zero-order valence-corrected chi connectivity index (χ0v) is 18.9. The quantitative estimate of drug-likeness (QED) is 0.488. The van der Waals surface area contributed by atoms with E-state index in [2.05, 4.69) is 0 Å². The van der Waals surface area contributed by atoms with Crippen LogP contribution in [0.5, 0.6) is 17.2 Å². The van der Waals surface area contributed by atoms with Crippen LogP contribution in [0, 0.1) is 0 Å². The number of ether oxygens (including phenoxy) is 3. The van der Waals surface area contributed by atoms with Crippen LogP contribution in [0.2, 0.25) is 0 Å². The van der Waals surface area contributed by atoms with E-state index >= 15 is 0 Å². The summed E-state index contributed by atoms with van der Waals surface area (Å²) in [5.74, 6) is -0.220. The fourth-order valence-corrected chi connectivity index (χ4v) is 3.47. The van der Waals surface area contributed by atoms with Crippen molar-refractivity contribution in [1.82, 2.24) is 4.90 Å². The molecule has 0 heterocycles. The first-order valence-electron chi connectivity index (χ1n) is 10.4. The molecule has 0 aliphatic carbocycles. The third-order valence-corrected chi connectivity index (χ3v) is 5.33. The Labute approximate surface area is 193 Å². The SMILES string of the molecule is COc1cccc(CN(C(=O)COc2cc(OC)ccc2C(=O)O)[C@H](C)c2ccccc2)c1. The van der Waals surface area contributed by atoms with Gasteiger partial charge >= 0.3 is 5.97 Å². The third-order valence-electron chi connectivity index (χ3n) is 5.33. The minimum Gasteiger partial charge on any atom is -0.497 e. The highest BCUT2D eigenvalue weighted by molar-refractivity contribution is 5.91. The van der Waals surface area contributed by atoms with E-state index in [1.165, 1.54) is 25.3 Å². The number of carbonyl (C=O) groups is 2. The second-order valence-electron chi connectivity index (χ2n) is 7.42. The van der Waals surface area contributed by atoms with Crippen LogP contribution in [0.4, 0.5) is 0 Å². The van der Waals surface area contributed by atoms with Gasteiger partial charge in [-0.2, -0.15) is 0 Å². The van der Waals surface area contributed by atoms with E-state index in [0.717, 1.165) is 11.1 Å². The second kappa shape index (κ2) is 11.0. The molecule has 0 fully saturated rings. The Bertz CT molecular complexity index is 1100. The van der Waals surface area contributed by atoms with Crippen molar-refractivity contribution in [2.75, 3.05) is 20.8 Å². The maximum absolute atomic E-state index is 13.3. The number of amides is 1. The number of hydrogen-bond acceptors (Lipinski definition) is 5. The summed E-state index contributed by atoms with van der Waals surface area (Å²) in [5, 5.41) is 9.46. The molecular weight excluding hydrogens is 422 g/mol. The molecule has 0 bridgehead atoms. The van der Waals surface area contributed by atoms with Crippen LogP contribution in [-0.2, 0) is 11.3 Å². The van der Waals surface area contributed by atoms with Crippen molar-refractivity contribution in [2.45, 2.75) is 19.5 Å². The number of carboxylic acid groups (broad SMARTS) is 1. The molecule has 3 rings (SSSR count). The summed E-state index contributed by atoms with van der Waals surface area (Å²) in [6.45, 7) is 1.95. The monoisotopic (exact) mass is 449 g/mol. The third kappa shape index (κ3) is 6.04. The average Bonchev–Trinajstić information content (AvgIpc) is 2.85. The number of rotatable bonds is 10. The van der Waals surface area contributed by atoms with Gasteiger partial charge in [-0.05, 0) is 42.3 Å². The maximum Gasteiger partial charge on any atom is 0.339 e. The first-order chi connectivity index (χ1) is 15.9. The van der Waals surface area contributed by atoms with E-state index in [1.807, 2.05) is 61.5 Å². The van der Waals surface area contributed by atoms with E-state index in [0.29, 0.717) is 18.0 Å². The molecule has 0 aliphatic heterocycles. The van der Waals surface area contributed by atoms with Crippen molar-refractivity contribution in [3.05, 3.63) is 89.5 Å². The number of aromatic carboxylic acids is 1. The largest absolute Gasteiger partial charge is 0.497 e. The van der Waals surface area contributed by atoms with Crippen molar-refractivity contribution in [1.29, 1.82) is 0 Å². The van der Waals surface area contributed by atoms with Gasteiger partial charge in [0.1, 0.15) is 22.8 Å². The molecule has 0 unspecified atom stereocenters. The lowest BCUT2D eigenvalue weighted by Gasteiger charge is -2.30. The summed E-state index contributed by atoms with van der Waals surface area (Å²) >= 11 is 0. The van der Waals surface area contributed by atoms with Crippen LogP contribution in [0.25, 0.3) is 0 Å². The normalized spacial score (nSPS) is 11.4. The van der Waals surface area contributed by atoms with Gasteiger partial charge in [-0.25, -0.2) is 4.79 Å². The number of hydrogen-bond donors (Lipinski definition) is 1. The Morgan fingerprint density at radius 2 is 1.61 bits per heavy atom. The van der Waals surface area contributed by atoms with Crippen molar-refractivity contribution in [3.8, 4) is 17.2 Å². The number of carboxylic acids is 1. The molecule has 7 nitrogen and oxygen atoms in total. The van der Waals surface area contributed by atoms with E-state index in [1.54, 1.807) is 12.0 Å². The van der Waals surface area contributed by atoms with Crippen LogP contribution in [0.1, 0.15) is 34.5 Å². The van der Waals surface area contributed by atoms with Crippen LogP contribution in [-0.4, -0.2) is 42.7 Å². The minimum absolute atomic E-state index is 0.0425. The van der Waals surface area contributed by atoms with Crippen molar-refractivity contribution >= 4 is 11.9 Å². The molecule has 0 saturated heterocycles. The molecule has 172 valence electrons. The van der Waals surface area contributed by atoms with Gasteiger partial charge in [-0.1, -0.05) is 42.5 Å². The second-order valence-corrected chi connectivity index (χ2v) is 7.42. The number of methoxy groups -OCH3 is 2. The fraction of sp³-hybridized carbons (Fsp3) is 0.231. The number of nitrogens with zero attached hydrogens (tertiary/aromatic N) is 1. The minimum atomic E-state index is -1.15. The predicted molar refractivity (Wildman–Crippen MR) is 124 cm³/mol. The van der Waals surface area contributed by atoms with Crippen molar-refractivity contribution < 1.29 is 28.9 Å². The highest BCUT2D eigenvalue weighted by Crippen LogP contribution is 2.27. The molecule has 3 aromatic carbocycles. The average molecular weight is 450 g/mol. The molecular formula is C26H27NO6. The summed E-state index contributed by atoms with van der Waals surface area (Å²) in [6, 6.07) is 21.3. The number of carbonyl (C=O) groups excluding carboxylic acids is 1. The smallest absolute Gasteiger partial charge is 0.339 e. The molecule has 0 radical (unpaired) electrons. The Morgan fingerprint density at radius 3 is 2.27 bits per heavy atom. The molecule has 7 heteroatoms. The Kier molecular flexibility index (Phi) is 7.91. The molecule has 0 aliphatic rings. The van der Waals surface area contributed by atoms with Gasteiger partial charge in [0, 0.05) is 12.6 Å². The van der Waals surface area contributed by atoms with E-state index in [-0.39, 0.29) is 29.9 Å². The topological polar surface area (TPSA) is 85.3 Å². The standard InChI is InChI=1S/C26H27NO6/c1-18(20-9-5-4-6-10-20)27(16-19-8-7-11-21(14-19)31-2)25(28)17-33-24-15-22(32-3)12-13-23(24)26(29)30/h4-15,18H,16-17H2,1-3H3,(H,29,30)/t18-/m1/s1. The van der Waals surface area contributed by atoms with Gasteiger partial charge in [0.15, 0.2) is 6.61 Å². The van der Waals surface area contributed by atoms with Crippen molar-refractivity contribution in [2.24, 2.45) is 0 Å². The Balaban J connectivity index is 1.85.